The Hall–Kier alpha value is -1.68. The van der Waals surface area contributed by atoms with Crippen molar-refractivity contribution in [2.75, 3.05) is 17.7 Å². The third-order valence-corrected chi connectivity index (χ3v) is 3.95. The fraction of sp³-hybridized carbons (Fsp3) is 0.154. The van der Waals surface area contributed by atoms with E-state index >= 15 is 0 Å². The molecule has 86 valence electrons. The lowest BCUT2D eigenvalue weighted by Gasteiger charge is -2.24. The molecule has 1 aromatic heterocycles. The smallest absolute Gasteiger partial charge is 0.237 e. The topological polar surface area (TPSA) is 25.2 Å². The van der Waals surface area contributed by atoms with Crippen LogP contribution in [-0.2, 0) is 4.79 Å². The minimum Gasteiger partial charge on any atom is -0.313 e. The van der Waals surface area contributed by atoms with Crippen LogP contribution >= 0.6 is 11.8 Å². The second kappa shape index (κ2) is 3.96. The fourth-order valence-corrected chi connectivity index (χ4v) is 2.94. The normalized spacial score (nSPS) is 14.9. The molecule has 0 spiro atoms. The molecule has 0 unspecified atom stereocenters. The van der Waals surface area contributed by atoms with E-state index in [1.54, 1.807) is 16.7 Å². The van der Waals surface area contributed by atoms with E-state index in [1.165, 1.54) is 0 Å². The number of thioether (sulfide) groups is 1. The first kappa shape index (κ1) is 10.5. The van der Waals surface area contributed by atoms with Gasteiger partial charge in [-0.25, -0.2) is 0 Å². The van der Waals surface area contributed by atoms with Crippen molar-refractivity contribution >= 4 is 23.4 Å². The third kappa shape index (κ3) is 1.65. The number of carbonyl (C=O) groups is 1. The molecule has 1 aliphatic heterocycles. The van der Waals surface area contributed by atoms with Gasteiger partial charge in [-0.15, -0.1) is 0 Å². The minimum absolute atomic E-state index is 0.134. The summed E-state index contributed by atoms with van der Waals surface area (Å²) in [6.45, 7) is 0. The number of fused-ring (bicyclic) bond motifs is 3. The summed E-state index contributed by atoms with van der Waals surface area (Å²) in [5, 5.41) is 1.11. The molecule has 0 fully saturated rings. The van der Waals surface area contributed by atoms with Crippen molar-refractivity contribution in [3.63, 3.8) is 0 Å². The van der Waals surface area contributed by atoms with Gasteiger partial charge in [-0.3, -0.25) is 4.79 Å². The molecule has 0 radical (unpaired) electrons. The molecular weight excluding hydrogens is 232 g/mol. The van der Waals surface area contributed by atoms with Gasteiger partial charge in [-0.1, -0.05) is 23.9 Å². The van der Waals surface area contributed by atoms with E-state index in [9.17, 15) is 4.79 Å². The number of hydrogen-bond acceptors (Lipinski definition) is 2. The third-order valence-electron chi connectivity index (χ3n) is 2.93. The van der Waals surface area contributed by atoms with Crippen LogP contribution in [0, 0.1) is 0 Å². The largest absolute Gasteiger partial charge is 0.313 e. The molecular formula is C13H12N2OS. The summed E-state index contributed by atoms with van der Waals surface area (Å²) in [5.41, 5.74) is 2.01. The van der Waals surface area contributed by atoms with Gasteiger partial charge < -0.3 is 9.47 Å². The highest BCUT2D eigenvalue weighted by Crippen LogP contribution is 2.32. The molecule has 0 atom stereocenters. The first-order valence-electron chi connectivity index (χ1n) is 5.43. The number of nitrogens with zero attached hydrogens (tertiary/aromatic N) is 2. The Kier molecular flexibility index (Phi) is 2.44. The Morgan fingerprint density at radius 1 is 1.12 bits per heavy atom. The van der Waals surface area contributed by atoms with Crippen LogP contribution in [0.15, 0.2) is 47.6 Å². The van der Waals surface area contributed by atoms with Crippen LogP contribution in [0.3, 0.4) is 0 Å². The van der Waals surface area contributed by atoms with E-state index in [0.717, 1.165) is 16.4 Å². The number of rotatable bonds is 0. The number of hydrogen-bond donors (Lipinski definition) is 0. The molecule has 0 N–H and O–H groups in total. The summed E-state index contributed by atoms with van der Waals surface area (Å²) >= 11 is 1.58. The zero-order valence-electron chi connectivity index (χ0n) is 9.46. The van der Waals surface area contributed by atoms with Gasteiger partial charge in [0.05, 0.1) is 22.2 Å². The molecule has 0 saturated carbocycles. The van der Waals surface area contributed by atoms with Crippen LogP contribution < -0.4 is 4.90 Å². The zero-order valence-corrected chi connectivity index (χ0v) is 10.3. The maximum absolute atomic E-state index is 12.0. The molecule has 3 rings (SSSR count). The number of amides is 1. The summed E-state index contributed by atoms with van der Waals surface area (Å²) < 4.78 is 2.13. The molecule has 0 aliphatic carbocycles. The van der Waals surface area contributed by atoms with Crippen LogP contribution in [0.5, 0.6) is 0 Å². The van der Waals surface area contributed by atoms with Crippen molar-refractivity contribution in [3.8, 4) is 5.69 Å². The van der Waals surface area contributed by atoms with Crippen LogP contribution in [0.25, 0.3) is 5.69 Å². The van der Waals surface area contributed by atoms with Gasteiger partial charge in [0.25, 0.3) is 0 Å². The molecule has 1 aliphatic rings. The number of benzene rings is 1. The quantitative estimate of drug-likeness (QED) is 0.711. The lowest BCUT2D eigenvalue weighted by Crippen LogP contribution is -2.30. The molecule has 3 nitrogen and oxygen atoms in total. The fourth-order valence-electron chi connectivity index (χ4n) is 2.00. The van der Waals surface area contributed by atoms with E-state index in [2.05, 4.69) is 4.57 Å². The lowest BCUT2D eigenvalue weighted by atomic mass is 10.2. The van der Waals surface area contributed by atoms with E-state index in [-0.39, 0.29) is 5.91 Å². The van der Waals surface area contributed by atoms with Crippen LogP contribution in [0.4, 0.5) is 5.69 Å². The van der Waals surface area contributed by atoms with Crippen LogP contribution in [-0.4, -0.2) is 23.3 Å². The predicted octanol–water partition coefficient (Wildman–Crippen LogP) is 2.55. The van der Waals surface area contributed by atoms with Crippen molar-refractivity contribution in [2.24, 2.45) is 0 Å². The van der Waals surface area contributed by atoms with Gasteiger partial charge in [-0.2, -0.15) is 0 Å². The van der Waals surface area contributed by atoms with E-state index in [4.69, 9.17) is 0 Å². The maximum atomic E-state index is 12.0. The molecule has 0 bridgehead atoms. The predicted molar refractivity (Wildman–Crippen MR) is 69.9 cm³/mol. The van der Waals surface area contributed by atoms with E-state index in [0.29, 0.717) is 5.75 Å². The monoisotopic (exact) mass is 244 g/mol. The Labute approximate surface area is 104 Å². The second-order valence-corrected chi connectivity index (χ2v) is 4.94. The first-order chi connectivity index (χ1) is 8.27. The Balaban J connectivity index is 2.26. The summed E-state index contributed by atoms with van der Waals surface area (Å²) in [6, 6.07) is 12.0. The Morgan fingerprint density at radius 2 is 1.88 bits per heavy atom. The van der Waals surface area contributed by atoms with Gasteiger partial charge in [0.1, 0.15) is 0 Å². The van der Waals surface area contributed by atoms with Crippen molar-refractivity contribution in [1.29, 1.82) is 0 Å². The molecule has 17 heavy (non-hydrogen) atoms. The van der Waals surface area contributed by atoms with Crippen molar-refractivity contribution in [3.05, 3.63) is 42.6 Å². The zero-order chi connectivity index (χ0) is 11.8. The van der Waals surface area contributed by atoms with Crippen molar-refractivity contribution in [2.45, 2.75) is 5.03 Å². The number of anilines is 1. The SMILES string of the molecule is CN1C(=O)CSc2cccn2-c2ccccc21. The molecule has 4 heteroatoms. The van der Waals surface area contributed by atoms with E-state index in [1.807, 2.05) is 49.6 Å². The summed E-state index contributed by atoms with van der Waals surface area (Å²) in [7, 11) is 1.83. The first-order valence-corrected chi connectivity index (χ1v) is 6.42. The molecule has 2 aromatic rings. The number of carbonyl (C=O) groups excluding carboxylic acids is 1. The molecule has 1 amide bonds. The van der Waals surface area contributed by atoms with Crippen LogP contribution in [0.2, 0.25) is 0 Å². The van der Waals surface area contributed by atoms with Gasteiger partial charge in [-0.05, 0) is 24.3 Å². The molecule has 0 saturated heterocycles. The highest BCUT2D eigenvalue weighted by Gasteiger charge is 2.20. The average Bonchev–Trinajstić information content (AvgIpc) is 2.81. The Morgan fingerprint density at radius 3 is 2.71 bits per heavy atom. The number of aromatic nitrogens is 1. The lowest BCUT2D eigenvalue weighted by molar-refractivity contribution is -0.115. The van der Waals surface area contributed by atoms with Crippen molar-refractivity contribution in [1.82, 2.24) is 4.57 Å². The minimum atomic E-state index is 0.134. The second-order valence-electron chi connectivity index (χ2n) is 3.95. The number of para-hydroxylation sites is 2. The average molecular weight is 244 g/mol. The highest BCUT2D eigenvalue weighted by molar-refractivity contribution is 7.99. The van der Waals surface area contributed by atoms with Gasteiger partial charge in [0.2, 0.25) is 5.91 Å². The summed E-state index contributed by atoms with van der Waals surface area (Å²) in [6.07, 6.45) is 2.03. The summed E-state index contributed by atoms with van der Waals surface area (Å²) in [5.74, 6) is 0.615. The highest BCUT2D eigenvalue weighted by atomic mass is 32.2. The molecule has 2 heterocycles. The maximum Gasteiger partial charge on any atom is 0.237 e. The molecule has 1 aromatic carbocycles. The van der Waals surface area contributed by atoms with Gasteiger partial charge in [0.15, 0.2) is 0 Å². The standard InChI is InChI=1S/C13H12N2OS/c1-14-10-5-2-3-6-11(10)15-8-4-7-13(15)17-9-12(14)16/h2-8H,9H2,1H3. The van der Waals surface area contributed by atoms with Gasteiger partial charge in [0, 0.05) is 13.2 Å². The van der Waals surface area contributed by atoms with Crippen LogP contribution in [0.1, 0.15) is 0 Å². The Bertz CT molecular complexity index is 576. The van der Waals surface area contributed by atoms with E-state index < -0.39 is 0 Å². The van der Waals surface area contributed by atoms with Crippen molar-refractivity contribution < 1.29 is 4.79 Å². The van der Waals surface area contributed by atoms with Gasteiger partial charge >= 0.3 is 0 Å². The summed E-state index contributed by atoms with van der Waals surface area (Å²) in [4.78, 5) is 13.7.